The van der Waals surface area contributed by atoms with Crippen LogP contribution in [0.25, 0.3) is 0 Å². The van der Waals surface area contributed by atoms with Crippen LogP contribution in [0.15, 0.2) is 16.9 Å². The van der Waals surface area contributed by atoms with Crippen molar-refractivity contribution in [2.45, 2.75) is 25.7 Å². The molecule has 0 atom stereocenters. The number of aromatic nitrogens is 2. The highest BCUT2D eigenvalue weighted by Gasteiger charge is 2.19. The molecule has 2 N–H and O–H groups in total. The lowest BCUT2D eigenvalue weighted by Gasteiger charge is -2.25. The van der Waals surface area contributed by atoms with Gasteiger partial charge in [-0.15, -0.1) is 0 Å². The number of anilines is 1. The van der Waals surface area contributed by atoms with Crippen LogP contribution in [0.5, 0.6) is 0 Å². The van der Waals surface area contributed by atoms with E-state index in [2.05, 4.69) is 43.1 Å². The first-order valence-corrected chi connectivity index (χ1v) is 9.47. The van der Waals surface area contributed by atoms with Gasteiger partial charge in [0.25, 0.3) is 10.1 Å². The Morgan fingerprint density at radius 1 is 1.27 bits per heavy atom. The van der Waals surface area contributed by atoms with Crippen molar-refractivity contribution in [1.29, 1.82) is 0 Å². The summed E-state index contributed by atoms with van der Waals surface area (Å²) in [5.41, 5.74) is 0. The number of nitrogens with one attached hydrogen (secondary N) is 1. The lowest BCUT2D eigenvalue weighted by molar-refractivity contribution is 0.328. The lowest BCUT2D eigenvalue weighted by atomic mass is 9.82. The van der Waals surface area contributed by atoms with Gasteiger partial charge in [0.1, 0.15) is 5.75 Å². The number of rotatable bonds is 4. The SMILES string of the molecule is O=S(=O)(O)CC#CC1CCC(CNc2ncc(Br)cn2)CC1. The summed E-state index contributed by atoms with van der Waals surface area (Å²) in [6.07, 6.45) is 7.38. The summed E-state index contributed by atoms with van der Waals surface area (Å²) in [7, 11) is -3.98. The molecule has 0 aromatic carbocycles. The fraction of sp³-hybridized carbons (Fsp3) is 0.571. The Labute approximate surface area is 139 Å². The maximum atomic E-state index is 10.6. The van der Waals surface area contributed by atoms with Crippen LogP contribution in [0.4, 0.5) is 5.95 Å². The van der Waals surface area contributed by atoms with Gasteiger partial charge < -0.3 is 5.32 Å². The van der Waals surface area contributed by atoms with Crippen molar-refractivity contribution in [1.82, 2.24) is 9.97 Å². The topological polar surface area (TPSA) is 92.2 Å². The summed E-state index contributed by atoms with van der Waals surface area (Å²) in [5.74, 6) is 6.40. The molecular weight excluding hydrogens is 370 g/mol. The Bertz CT molecular complexity index is 644. The summed E-state index contributed by atoms with van der Waals surface area (Å²) >= 11 is 3.29. The predicted molar refractivity (Wildman–Crippen MR) is 87.9 cm³/mol. The highest BCUT2D eigenvalue weighted by atomic mass is 79.9. The summed E-state index contributed by atoms with van der Waals surface area (Å²) in [6.45, 7) is 0.826. The summed E-state index contributed by atoms with van der Waals surface area (Å²) in [5, 5.41) is 3.23. The van der Waals surface area contributed by atoms with E-state index in [1.165, 1.54) is 0 Å². The Morgan fingerprint density at radius 3 is 2.50 bits per heavy atom. The molecule has 0 amide bonds. The van der Waals surface area contributed by atoms with Crippen LogP contribution in [0.3, 0.4) is 0 Å². The van der Waals surface area contributed by atoms with E-state index in [0.717, 1.165) is 36.7 Å². The zero-order chi connectivity index (χ0) is 16.0. The number of halogens is 1. The third-order valence-electron chi connectivity index (χ3n) is 3.58. The van der Waals surface area contributed by atoms with Gasteiger partial charge >= 0.3 is 0 Å². The van der Waals surface area contributed by atoms with Gasteiger partial charge in [0.15, 0.2) is 0 Å². The van der Waals surface area contributed by atoms with Crippen molar-refractivity contribution in [3.05, 3.63) is 16.9 Å². The van der Waals surface area contributed by atoms with E-state index in [9.17, 15) is 8.42 Å². The van der Waals surface area contributed by atoms with Gasteiger partial charge in [0.05, 0.1) is 4.47 Å². The smallest absolute Gasteiger partial charge is 0.276 e. The van der Waals surface area contributed by atoms with Crippen molar-refractivity contribution < 1.29 is 13.0 Å². The average Bonchev–Trinajstić information content (AvgIpc) is 2.47. The second kappa shape index (κ2) is 7.90. The van der Waals surface area contributed by atoms with Crippen LogP contribution in [-0.4, -0.2) is 35.2 Å². The molecule has 1 aromatic heterocycles. The number of hydrogen-bond acceptors (Lipinski definition) is 5. The fourth-order valence-electron chi connectivity index (χ4n) is 2.43. The normalized spacial score (nSPS) is 21.7. The molecule has 0 aliphatic heterocycles. The molecule has 2 rings (SSSR count). The predicted octanol–water partition coefficient (Wildman–Crippen LogP) is 2.35. The van der Waals surface area contributed by atoms with E-state index in [-0.39, 0.29) is 5.92 Å². The van der Waals surface area contributed by atoms with E-state index >= 15 is 0 Å². The Morgan fingerprint density at radius 2 is 1.91 bits per heavy atom. The van der Waals surface area contributed by atoms with Gasteiger partial charge in [0, 0.05) is 24.9 Å². The summed E-state index contributed by atoms with van der Waals surface area (Å²) in [6, 6.07) is 0. The first kappa shape index (κ1) is 17.2. The Balaban J connectivity index is 1.72. The maximum absolute atomic E-state index is 10.6. The van der Waals surface area contributed by atoms with Gasteiger partial charge in [0.2, 0.25) is 5.95 Å². The van der Waals surface area contributed by atoms with E-state index in [0.29, 0.717) is 11.9 Å². The van der Waals surface area contributed by atoms with Gasteiger partial charge in [-0.3, -0.25) is 4.55 Å². The third-order valence-corrected chi connectivity index (χ3v) is 4.50. The minimum Gasteiger partial charge on any atom is -0.354 e. The van der Waals surface area contributed by atoms with Gasteiger partial charge in [-0.25, -0.2) is 9.97 Å². The molecule has 0 bridgehead atoms. The highest BCUT2D eigenvalue weighted by Crippen LogP contribution is 2.28. The third kappa shape index (κ3) is 6.30. The van der Waals surface area contributed by atoms with Crippen LogP contribution in [-0.2, 0) is 10.1 Å². The van der Waals surface area contributed by atoms with Gasteiger partial charge in [-0.05, 0) is 47.5 Å². The van der Waals surface area contributed by atoms with Gasteiger partial charge in [-0.1, -0.05) is 11.8 Å². The molecule has 6 nitrogen and oxygen atoms in total. The van der Waals surface area contributed by atoms with Crippen LogP contribution in [0.1, 0.15) is 25.7 Å². The minimum absolute atomic E-state index is 0.224. The minimum atomic E-state index is -3.98. The molecule has 1 saturated carbocycles. The Hall–Kier alpha value is -1.17. The van der Waals surface area contributed by atoms with Crippen LogP contribution >= 0.6 is 15.9 Å². The summed E-state index contributed by atoms with van der Waals surface area (Å²) in [4.78, 5) is 8.34. The van der Waals surface area contributed by atoms with E-state index in [4.69, 9.17) is 4.55 Å². The molecule has 22 heavy (non-hydrogen) atoms. The quantitative estimate of drug-likeness (QED) is 0.608. The molecule has 0 radical (unpaired) electrons. The van der Waals surface area contributed by atoms with Gasteiger partial charge in [-0.2, -0.15) is 8.42 Å². The van der Waals surface area contributed by atoms with Crippen molar-refractivity contribution in [3.63, 3.8) is 0 Å². The molecule has 1 aliphatic carbocycles. The van der Waals surface area contributed by atoms with Crippen molar-refractivity contribution >= 4 is 32.0 Å². The first-order chi connectivity index (χ1) is 10.4. The van der Waals surface area contributed by atoms with Crippen molar-refractivity contribution in [3.8, 4) is 11.8 Å². The lowest BCUT2D eigenvalue weighted by Crippen LogP contribution is -2.21. The largest absolute Gasteiger partial charge is 0.354 e. The Kier molecular flexibility index (Phi) is 6.17. The monoisotopic (exact) mass is 387 g/mol. The number of nitrogens with zero attached hydrogens (tertiary/aromatic N) is 2. The molecule has 120 valence electrons. The zero-order valence-electron chi connectivity index (χ0n) is 12.0. The van der Waals surface area contributed by atoms with Crippen LogP contribution in [0.2, 0.25) is 0 Å². The maximum Gasteiger partial charge on any atom is 0.276 e. The molecule has 8 heteroatoms. The van der Waals surface area contributed by atoms with Crippen molar-refractivity contribution in [2.24, 2.45) is 11.8 Å². The second-order valence-electron chi connectivity index (χ2n) is 5.37. The van der Waals surface area contributed by atoms with E-state index in [1.807, 2.05) is 0 Å². The zero-order valence-corrected chi connectivity index (χ0v) is 14.4. The first-order valence-electron chi connectivity index (χ1n) is 7.07. The molecule has 1 fully saturated rings. The average molecular weight is 388 g/mol. The molecule has 1 aliphatic rings. The molecule has 1 heterocycles. The van der Waals surface area contributed by atoms with Crippen LogP contribution in [0, 0.1) is 23.7 Å². The van der Waals surface area contributed by atoms with E-state index in [1.54, 1.807) is 12.4 Å². The fourth-order valence-corrected chi connectivity index (χ4v) is 2.90. The van der Waals surface area contributed by atoms with E-state index < -0.39 is 15.9 Å². The summed E-state index contributed by atoms with van der Waals surface area (Å²) < 4.78 is 30.7. The molecule has 0 spiro atoms. The van der Waals surface area contributed by atoms with Crippen LogP contribution < -0.4 is 5.32 Å². The standard InChI is InChI=1S/C14H18BrN3O3S/c15-13-9-17-14(18-10-13)16-8-12-5-3-11(4-6-12)2-1-7-22(19,20)21/h9-12H,3-8H2,(H,16,17,18)(H,19,20,21). The molecule has 0 saturated heterocycles. The molecular formula is C14H18BrN3O3S. The highest BCUT2D eigenvalue weighted by molar-refractivity contribution is 9.10. The molecule has 1 aromatic rings. The second-order valence-corrected chi connectivity index (χ2v) is 7.74. The number of hydrogen-bond donors (Lipinski definition) is 2. The van der Waals surface area contributed by atoms with Crippen molar-refractivity contribution in [2.75, 3.05) is 17.6 Å². The molecule has 0 unspecified atom stereocenters.